The molecule has 1 N–H and O–H groups in total. The number of carbonyl (C=O) groups is 1. The van der Waals surface area contributed by atoms with Crippen LogP contribution in [0.4, 0.5) is 11.4 Å². The minimum Gasteiger partial charge on any atom is -0.478 e. The first kappa shape index (κ1) is 27.6. The van der Waals surface area contributed by atoms with Crippen molar-refractivity contribution in [3.05, 3.63) is 141 Å². The van der Waals surface area contributed by atoms with Gasteiger partial charge in [0.25, 0.3) is 5.69 Å². The summed E-state index contributed by atoms with van der Waals surface area (Å²) in [5.74, 6) is -0.945. The van der Waals surface area contributed by atoms with Crippen LogP contribution in [0.15, 0.2) is 103 Å². The van der Waals surface area contributed by atoms with Crippen LogP contribution < -0.4 is 4.90 Å². The van der Waals surface area contributed by atoms with Crippen molar-refractivity contribution in [2.45, 2.75) is 44.9 Å². The van der Waals surface area contributed by atoms with Crippen LogP contribution in [0.2, 0.25) is 0 Å². The van der Waals surface area contributed by atoms with Crippen LogP contribution in [0.5, 0.6) is 0 Å². The van der Waals surface area contributed by atoms with E-state index in [9.17, 15) is 20.0 Å². The molecule has 3 aromatic carbocycles. The molecule has 0 aliphatic carbocycles. The van der Waals surface area contributed by atoms with Crippen molar-refractivity contribution < 1.29 is 14.8 Å². The Morgan fingerprint density at radius 1 is 1.13 bits per heavy atom. The minimum absolute atomic E-state index is 0.0570. The van der Waals surface area contributed by atoms with Crippen LogP contribution in [0.3, 0.4) is 0 Å². The maximum absolute atomic E-state index is 11.6. The summed E-state index contributed by atoms with van der Waals surface area (Å²) < 4.78 is 0. The molecule has 1 aliphatic heterocycles. The zero-order valence-corrected chi connectivity index (χ0v) is 23.1. The number of hydrogen-bond donors (Lipinski definition) is 1. The number of aryl methyl sites for hydroxylation is 1. The Kier molecular flexibility index (Phi) is 7.33. The summed E-state index contributed by atoms with van der Waals surface area (Å²) in [7, 11) is 1.98. The largest absolute Gasteiger partial charge is 0.478 e. The third-order valence-corrected chi connectivity index (χ3v) is 7.97. The van der Waals surface area contributed by atoms with Crippen LogP contribution in [0.25, 0.3) is 0 Å². The second-order valence-electron chi connectivity index (χ2n) is 10.9. The van der Waals surface area contributed by atoms with Crippen LogP contribution in [-0.2, 0) is 17.3 Å². The van der Waals surface area contributed by atoms with Gasteiger partial charge in [-0.15, -0.1) is 0 Å². The molecule has 0 aromatic heterocycles. The minimum atomic E-state index is -0.945. The normalized spacial score (nSPS) is 16.7. The van der Waals surface area contributed by atoms with E-state index < -0.39 is 16.8 Å². The van der Waals surface area contributed by atoms with Crippen molar-refractivity contribution in [2.75, 3.05) is 11.9 Å². The quantitative estimate of drug-likeness (QED) is 0.188. The van der Waals surface area contributed by atoms with Gasteiger partial charge in [0.05, 0.1) is 10.5 Å². The highest BCUT2D eigenvalue weighted by Gasteiger charge is 2.39. The van der Waals surface area contributed by atoms with E-state index in [2.05, 4.69) is 44.4 Å². The van der Waals surface area contributed by atoms with Crippen molar-refractivity contribution >= 4 is 17.3 Å². The Balaban J connectivity index is 1.73. The zero-order chi connectivity index (χ0) is 28.5. The Bertz CT molecular complexity index is 1520. The van der Waals surface area contributed by atoms with Gasteiger partial charge < -0.3 is 10.0 Å². The number of allylic oxidation sites excluding steroid dienone is 5. The van der Waals surface area contributed by atoms with E-state index in [1.807, 2.05) is 56.5 Å². The highest BCUT2D eigenvalue weighted by atomic mass is 16.6. The summed E-state index contributed by atoms with van der Waals surface area (Å²) in [6.45, 7) is 12.7. The lowest BCUT2D eigenvalue weighted by molar-refractivity contribution is -0.385. The Morgan fingerprint density at radius 3 is 2.46 bits per heavy atom. The predicted octanol–water partition coefficient (Wildman–Crippen LogP) is 7.53. The summed E-state index contributed by atoms with van der Waals surface area (Å²) in [5.41, 5.74) is 6.08. The standard InChI is InChI=1S/C33H34N2O4/c1-22-15-17-26(35(38)39)20-27(22)33(5,21-24-12-8-7-9-13-24)23(2)11-10-14-30-32(3,4)28-19-25(31(36)37)16-18-29(28)34(30)6/h7-20H,2,21H2,1,3-6H3,(H,36,37)/b11-10+,30-14+. The molecular formula is C33H34N2O4. The molecule has 1 unspecified atom stereocenters. The van der Waals surface area contributed by atoms with Gasteiger partial charge in [0.15, 0.2) is 0 Å². The second-order valence-corrected chi connectivity index (χ2v) is 10.9. The molecule has 6 nitrogen and oxygen atoms in total. The molecule has 3 aromatic rings. The summed E-state index contributed by atoms with van der Waals surface area (Å²) >= 11 is 0. The number of nitrogens with zero attached hydrogens (tertiary/aromatic N) is 2. The fourth-order valence-electron chi connectivity index (χ4n) is 5.61. The number of nitro benzene ring substituents is 1. The van der Waals surface area contributed by atoms with Crippen LogP contribution in [0.1, 0.15) is 53.4 Å². The molecule has 0 spiro atoms. The highest BCUT2D eigenvalue weighted by Crippen LogP contribution is 2.47. The number of benzene rings is 3. The van der Waals surface area contributed by atoms with Gasteiger partial charge in [0.2, 0.25) is 0 Å². The van der Waals surface area contributed by atoms with Crippen molar-refractivity contribution in [1.82, 2.24) is 0 Å². The van der Waals surface area contributed by atoms with Crippen LogP contribution in [-0.4, -0.2) is 23.0 Å². The number of hydrogen-bond acceptors (Lipinski definition) is 4. The summed E-state index contributed by atoms with van der Waals surface area (Å²) in [6.07, 6.45) is 6.61. The van der Waals surface area contributed by atoms with Crippen molar-refractivity contribution in [3.8, 4) is 0 Å². The van der Waals surface area contributed by atoms with E-state index >= 15 is 0 Å². The summed E-state index contributed by atoms with van der Waals surface area (Å²) in [6, 6.07) is 20.3. The first-order chi connectivity index (χ1) is 18.4. The Hall–Kier alpha value is -4.45. The number of nitro groups is 1. The molecule has 4 rings (SSSR count). The van der Waals surface area contributed by atoms with E-state index in [1.54, 1.807) is 24.3 Å². The summed E-state index contributed by atoms with van der Waals surface area (Å²) in [5, 5.41) is 21.1. The number of likely N-dealkylation sites (N-methyl/N-ethyl adjacent to an activating group) is 1. The van der Waals surface area contributed by atoms with Gasteiger partial charge in [0, 0.05) is 41.4 Å². The Labute approximate surface area is 229 Å². The predicted molar refractivity (Wildman–Crippen MR) is 157 cm³/mol. The molecule has 1 heterocycles. The molecular weight excluding hydrogens is 488 g/mol. The molecule has 6 heteroatoms. The number of carboxylic acid groups (broad SMARTS) is 1. The topological polar surface area (TPSA) is 83.7 Å². The molecule has 0 radical (unpaired) electrons. The number of carboxylic acids is 1. The van der Waals surface area contributed by atoms with E-state index in [0.717, 1.165) is 39.2 Å². The van der Waals surface area contributed by atoms with E-state index in [-0.39, 0.29) is 16.2 Å². The molecule has 1 aliphatic rings. The smallest absolute Gasteiger partial charge is 0.335 e. The van der Waals surface area contributed by atoms with Crippen molar-refractivity contribution in [3.63, 3.8) is 0 Å². The molecule has 0 amide bonds. The number of rotatable bonds is 8. The zero-order valence-electron chi connectivity index (χ0n) is 23.1. The first-order valence-electron chi connectivity index (χ1n) is 12.9. The molecule has 0 bridgehead atoms. The maximum Gasteiger partial charge on any atom is 0.335 e. The van der Waals surface area contributed by atoms with E-state index in [0.29, 0.717) is 6.42 Å². The van der Waals surface area contributed by atoms with Crippen molar-refractivity contribution in [1.29, 1.82) is 0 Å². The average Bonchev–Trinajstić information content (AvgIpc) is 3.09. The molecule has 0 saturated carbocycles. The second kappa shape index (κ2) is 10.4. The SMILES string of the molecule is C=C(/C=C/C=C1/N(C)c2ccc(C(=O)O)cc2C1(C)C)C(C)(Cc1ccccc1)c1cc([N+](=O)[O-])ccc1C. The third kappa shape index (κ3) is 5.15. The van der Waals surface area contributed by atoms with Crippen LogP contribution in [0, 0.1) is 17.0 Å². The molecule has 1 atom stereocenters. The molecule has 39 heavy (non-hydrogen) atoms. The van der Waals surface area contributed by atoms with Gasteiger partial charge in [-0.2, -0.15) is 0 Å². The monoisotopic (exact) mass is 522 g/mol. The third-order valence-electron chi connectivity index (χ3n) is 7.97. The number of aromatic carboxylic acids is 1. The van der Waals surface area contributed by atoms with Gasteiger partial charge in [0.1, 0.15) is 0 Å². The lowest BCUT2D eigenvalue weighted by Gasteiger charge is -2.33. The number of fused-ring (bicyclic) bond motifs is 1. The maximum atomic E-state index is 11.6. The fourth-order valence-corrected chi connectivity index (χ4v) is 5.61. The highest BCUT2D eigenvalue weighted by molar-refractivity contribution is 5.89. The van der Waals surface area contributed by atoms with Gasteiger partial charge >= 0.3 is 5.97 Å². The number of anilines is 1. The van der Waals surface area contributed by atoms with Crippen molar-refractivity contribution in [2.24, 2.45) is 0 Å². The lowest BCUT2D eigenvalue weighted by atomic mass is 9.70. The van der Waals surface area contributed by atoms with E-state index in [1.165, 1.54) is 6.07 Å². The molecule has 0 fully saturated rings. The van der Waals surface area contributed by atoms with Gasteiger partial charge in [-0.05, 0) is 65.4 Å². The molecule has 200 valence electrons. The lowest BCUT2D eigenvalue weighted by Crippen LogP contribution is -2.28. The van der Waals surface area contributed by atoms with Crippen LogP contribution >= 0.6 is 0 Å². The first-order valence-corrected chi connectivity index (χ1v) is 12.9. The fraction of sp³-hybridized carbons (Fsp3) is 0.242. The van der Waals surface area contributed by atoms with Gasteiger partial charge in [-0.3, -0.25) is 10.1 Å². The van der Waals surface area contributed by atoms with Gasteiger partial charge in [-0.1, -0.05) is 75.9 Å². The summed E-state index contributed by atoms with van der Waals surface area (Å²) in [4.78, 5) is 24.9. The molecule has 0 saturated heterocycles. The average molecular weight is 523 g/mol. The van der Waals surface area contributed by atoms with E-state index in [4.69, 9.17) is 0 Å². The Morgan fingerprint density at radius 2 is 1.82 bits per heavy atom. The van der Waals surface area contributed by atoms with Gasteiger partial charge in [-0.25, -0.2) is 4.79 Å². The number of non-ortho nitro benzene ring substituents is 1.